The molecule has 0 saturated carbocycles. The quantitative estimate of drug-likeness (QED) is 0.160. The van der Waals surface area contributed by atoms with Crippen LogP contribution in [-0.2, 0) is 11.8 Å². The van der Waals surface area contributed by atoms with Gasteiger partial charge in [-0.15, -0.1) is 0 Å². The second-order valence-electron chi connectivity index (χ2n) is 11.0. The molecule has 4 heteroatoms. The van der Waals surface area contributed by atoms with Crippen molar-refractivity contribution in [2.24, 2.45) is 4.99 Å². The molecule has 3 aromatic heterocycles. The van der Waals surface area contributed by atoms with E-state index >= 15 is 0 Å². The minimum absolute atomic E-state index is 0.188. The third-order valence-electron chi connectivity index (χ3n) is 8.20. The number of allylic oxidation sites excluding steroid dienone is 3. The van der Waals surface area contributed by atoms with Gasteiger partial charge in [-0.25, -0.2) is 0 Å². The Morgan fingerprint density at radius 3 is 2.29 bits per heavy atom. The second kappa shape index (κ2) is 9.83. The van der Waals surface area contributed by atoms with Gasteiger partial charge in [0.1, 0.15) is 0 Å². The fourth-order valence-corrected chi connectivity index (χ4v) is 6.46. The summed E-state index contributed by atoms with van der Waals surface area (Å²) in [5.74, 6) is 0. The molecular weight excluding hydrogens is 500 g/mol. The molecule has 0 bridgehead atoms. The number of aliphatic imine (C=N–C) groups is 1. The Balaban J connectivity index is 1.55. The van der Waals surface area contributed by atoms with Gasteiger partial charge in [0.2, 0.25) is 0 Å². The number of fused-ring (bicyclic) bond motifs is 7. The van der Waals surface area contributed by atoms with E-state index in [4.69, 9.17) is 0 Å². The molecule has 0 unspecified atom stereocenters. The highest BCUT2D eigenvalue weighted by molar-refractivity contribution is 6.05. The number of benzene rings is 3. The molecule has 0 radical (unpaired) electrons. The van der Waals surface area contributed by atoms with E-state index in [1.807, 2.05) is 36.5 Å². The van der Waals surface area contributed by atoms with Gasteiger partial charge in [0.05, 0.1) is 22.6 Å². The standard InChI is InChI=1S/C37H30N4/c1-37(2)34-28-14-5-4-12-25(28)18-21-30(34)36-35(37)29-15-6-7-17-33(29)41(36)27(20-19-26-13-8-10-22-39-26)24-32(38-3)31-16-9-11-23-40-31/h4-18,20-24H,3,19H2,1-2H3/b27-20+,32-24-. The van der Waals surface area contributed by atoms with Gasteiger partial charge in [-0.1, -0.05) is 86.7 Å². The molecule has 41 heavy (non-hydrogen) atoms. The zero-order valence-corrected chi connectivity index (χ0v) is 23.3. The summed E-state index contributed by atoms with van der Waals surface area (Å²) in [5, 5.41) is 3.83. The summed E-state index contributed by atoms with van der Waals surface area (Å²) < 4.78 is 2.41. The number of pyridine rings is 2. The van der Waals surface area contributed by atoms with Crippen LogP contribution >= 0.6 is 0 Å². The largest absolute Gasteiger partial charge is 0.309 e. The van der Waals surface area contributed by atoms with Crippen LogP contribution in [0, 0.1) is 0 Å². The SMILES string of the molecule is C=N/C(=C\C(=C/Cc1ccccn1)n1c2c(c3ccccc31)C(C)(C)c1c-2ccc2ccccc12)c1ccccn1. The van der Waals surface area contributed by atoms with Crippen LogP contribution in [0.3, 0.4) is 0 Å². The Labute approximate surface area is 240 Å². The van der Waals surface area contributed by atoms with E-state index < -0.39 is 0 Å². The molecule has 1 aliphatic carbocycles. The first-order valence-electron chi connectivity index (χ1n) is 13.9. The van der Waals surface area contributed by atoms with E-state index in [-0.39, 0.29) is 5.41 Å². The summed E-state index contributed by atoms with van der Waals surface area (Å²) in [6, 6.07) is 33.9. The van der Waals surface area contributed by atoms with Crippen LogP contribution in [-0.4, -0.2) is 21.3 Å². The van der Waals surface area contributed by atoms with Gasteiger partial charge >= 0.3 is 0 Å². The fourth-order valence-electron chi connectivity index (χ4n) is 6.46. The van der Waals surface area contributed by atoms with E-state index in [0.29, 0.717) is 6.42 Å². The van der Waals surface area contributed by atoms with Gasteiger partial charge in [-0.3, -0.25) is 15.0 Å². The molecule has 0 aliphatic heterocycles. The van der Waals surface area contributed by atoms with Crippen LogP contribution in [0.15, 0.2) is 127 Å². The zero-order valence-electron chi connectivity index (χ0n) is 23.3. The third-order valence-corrected chi connectivity index (χ3v) is 8.20. The number of aromatic nitrogens is 3. The summed E-state index contributed by atoms with van der Waals surface area (Å²) in [5.41, 5.74) is 9.72. The molecule has 0 fully saturated rings. The molecular formula is C37H30N4. The second-order valence-corrected chi connectivity index (χ2v) is 11.0. The highest BCUT2D eigenvalue weighted by Crippen LogP contribution is 2.55. The lowest BCUT2D eigenvalue weighted by molar-refractivity contribution is 0.672. The summed E-state index contributed by atoms with van der Waals surface area (Å²) in [6.07, 6.45) is 8.66. The van der Waals surface area contributed by atoms with Gasteiger partial charge in [0.15, 0.2) is 0 Å². The Hall–Kier alpha value is -5.09. The molecule has 4 nitrogen and oxygen atoms in total. The molecule has 7 rings (SSSR count). The van der Waals surface area contributed by atoms with Crippen molar-refractivity contribution in [3.63, 3.8) is 0 Å². The van der Waals surface area contributed by atoms with Gasteiger partial charge in [0.25, 0.3) is 0 Å². The Morgan fingerprint density at radius 1 is 0.805 bits per heavy atom. The first-order chi connectivity index (χ1) is 20.1. The fraction of sp³-hybridized carbons (Fsp3) is 0.108. The van der Waals surface area contributed by atoms with Crippen LogP contribution in [0.2, 0.25) is 0 Å². The maximum Gasteiger partial charge on any atom is 0.0899 e. The number of nitrogens with zero attached hydrogens (tertiary/aromatic N) is 4. The monoisotopic (exact) mass is 530 g/mol. The average Bonchev–Trinajstić information content (AvgIpc) is 3.49. The zero-order chi connectivity index (χ0) is 28.0. The molecule has 0 amide bonds. The lowest BCUT2D eigenvalue weighted by atomic mass is 9.79. The molecule has 0 atom stereocenters. The predicted octanol–water partition coefficient (Wildman–Crippen LogP) is 8.72. The summed E-state index contributed by atoms with van der Waals surface area (Å²) in [6.45, 7) is 8.63. The number of para-hydroxylation sites is 1. The van der Waals surface area contributed by atoms with Crippen molar-refractivity contribution < 1.29 is 0 Å². The Morgan fingerprint density at radius 2 is 1.54 bits per heavy atom. The minimum atomic E-state index is -0.188. The average molecular weight is 531 g/mol. The highest BCUT2D eigenvalue weighted by atomic mass is 15.0. The van der Waals surface area contributed by atoms with Crippen molar-refractivity contribution in [2.75, 3.05) is 0 Å². The molecule has 3 aromatic carbocycles. The smallest absolute Gasteiger partial charge is 0.0899 e. The van der Waals surface area contributed by atoms with Crippen molar-refractivity contribution >= 4 is 39.8 Å². The number of rotatable bonds is 6. The Bertz CT molecular complexity index is 1990. The van der Waals surface area contributed by atoms with Crippen LogP contribution in [0.1, 0.15) is 36.4 Å². The van der Waals surface area contributed by atoms with Gasteiger partial charge < -0.3 is 4.57 Å². The lowest BCUT2D eigenvalue weighted by Crippen LogP contribution is -2.15. The van der Waals surface area contributed by atoms with Crippen LogP contribution in [0.4, 0.5) is 0 Å². The highest BCUT2D eigenvalue weighted by Gasteiger charge is 2.41. The minimum Gasteiger partial charge on any atom is -0.309 e. The molecule has 3 heterocycles. The topological polar surface area (TPSA) is 43.1 Å². The van der Waals surface area contributed by atoms with Gasteiger partial charge in [-0.2, -0.15) is 0 Å². The lowest BCUT2D eigenvalue weighted by Gasteiger charge is -2.23. The summed E-state index contributed by atoms with van der Waals surface area (Å²) in [4.78, 5) is 13.6. The van der Waals surface area contributed by atoms with Crippen LogP contribution in [0.25, 0.3) is 44.3 Å². The van der Waals surface area contributed by atoms with Crippen molar-refractivity contribution in [1.29, 1.82) is 0 Å². The molecule has 1 aliphatic rings. The first-order valence-corrected chi connectivity index (χ1v) is 13.9. The number of hydrogen-bond donors (Lipinski definition) is 0. The Kier molecular flexibility index (Phi) is 5.97. The normalized spacial score (nSPS) is 14.3. The molecule has 0 N–H and O–H groups in total. The van der Waals surface area contributed by atoms with E-state index in [0.717, 1.165) is 28.3 Å². The van der Waals surface area contributed by atoms with Crippen molar-refractivity contribution in [3.05, 3.63) is 144 Å². The van der Waals surface area contributed by atoms with Gasteiger partial charge in [-0.05, 0) is 65.0 Å². The van der Waals surface area contributed by atoms with Gasteiger partial charge in [0, 0.05) is 46.6 Å². The van der Waals surface area contributed by atoms with Crippen LogP contribution < -0.4 is 0 Å². The molecule has 6 aromatic rings. The first kappa shape index (κ1) is 24.9. The van der Waals surface area contributed by atoms with Crippen molar-refractivity contribution in [2.45, 2.75) is 25.7 Å². The number of hydrogen-bond acceptors (Lipinski definition) is 3. The van der Waals surface area contributed by atoms with E-state index in [1.54, 1.807) is 6.20 Å². The van der Waals surface area contributed by atoms with Crippen LogP contribution in [0.5, 0.6) is 0 Å². The maximum absolute atomic E-state index is 4.59. The molecule has 0 saturated heterocycles. The van der Waals surface area contributed by atoms with E-state index in [2.05, 4.69) is 119 Å². The predicted molar refractivity (Wildman–Crippen MR) is 171 cm³/mol. The molecule has 0 spiro atoms. The maximum atomic E-state index is 4.59. The summed E-state index contributed by atoms with van der Waals surface area (Å²) in [7, 11) is 0. The summed E-state index contributed by atoms with van der Waals surface area (Å²) >= 11 is 0. The van der Waals surface area contributed by atoms with Crippen molar-refractivity contribution in [3.8, 4) is 11.3 Å². The van der Waals surface area contributed by atoms with Crippen molar-refractivity contribution in [1.82, 2.24) is 14.5 Å². The van der Waals surface area contributed by atoms with E-state index in [1.165, 1.54) is 38.5 Å². The third kappa shape index (κ3) is 4.03. The van der Waals surface area contributed by atoms with E-state index in [9.17, 15) is 0 Å². The molecule has 198 valence electrons.